The van der Waals surface area contributed by atoms with Gasteiger partial charge in [0.25, 0.3) is 0 Å². The molecule has 3 rings (SSSR count). The highest BCUT2D eigenvalue weighted by atomic mass is 16.4. The zero-order chi connectivity index (χ0) is 13.4. The zero-order valence-corrected chi connectivity index (χ0v) is 11.3. The molecule has 2 fully saturated rings. The summed E-state index contributed by atoms with van der Waals surface area (Å²) >= 11 is 0. The third-order valence-electron chi connectivity index (χ3n) is 4.75. The summed E-state index contributed by atoms with van der Waals surface area (Å²) in [5.41, 5.74) is 0. The number of aliphatic carboxylic acids is 1. The molecule has 2 heterocycles. The average molecular weight is 263 g/mol. The van der Waals surface area contributed by atoms with Gasteiger partial charge < -0.3 is 9.67 Å². The number of imidazole rings is 1. The van der Waals surface area contributed by atoms with Crippen molar-refractivity contribution in [1.82, 2.24) is 14.5 Å². The van der Waals surface area contributed by atoms with Gasteiger partial charge >= 0.3 is 5.97 Å². The Morgan fingerprint density at radius 2 is 2.26 bits per heavy atom. The van der Waals surface area contributed by atoms with Gasteiger partial charge in [0.15, 0.2) is 0 Å². The molecular weight excluding hydrogens is 242 g/mol. The Labute approximate surface area is 113 Å². The molecule has 1 saturated heterocycles. The molecule has 1 aromatic rings. The van der Waals surface area contributed by atoms with E-state index in [9.17, 15) is 9.90 Å². The zero-order valence-electron chi connectivity index (χ0n) is 11.3. The van der Waals surface area contributed by atoms with E-state index in [-0.39, 0.29) is 6.04 Å². The highest BCUT2D eigenvalue weighted by molar-refractivity contribution is 5.74. The number of carboxylic acids is 1. The molecule has 0 amide bonds. The van der Waals surface area contributed by atoms with Crippen LogP contribution in [0.4, 0.5) is 0 Å². The van der Waals surface area contributed by atoms with Gasteiger partial charge in [-0.1, -0.05) is 12.8 Å². The average Bonchev–Trinajstić information content (AvgIpc) is 2.95. The molecule has 19 heavy (non-hydrogen) atoms. The number of nitrogens with zero attached hydrogens (tertiary/aromatic N) is 3. The third-order valence-corrected chi connectivity index (χ3v) is 4.75. The Hall–Kier alpha value is -1.36. The molecule has 0 spiro atoms. The minimum absolute atomic E-state index is 0.329. The molecule has 1 N–H and O–H groups in total. The number of aromatic nitrogens is 2. The number of aryl methyl sites for hydroxylation is 1. The lowest BCUT2D eigenvalue weighted by Gasteiger charge is -2.32. The van der Waals surface area contributed by atoms with E-state index in [1.807, 2.05) is 17.8 Å². The molecule has 2 aliphatic rings. The monoisotopic (exact) mass is 263 g/mol. The van der Waals surface area contributed by atoms with Crippen LogP contribution in [-0.2, 0) is 18.4 Å². The molecule has 1 saturated carbocycles. The number of rotatable bonds is 3. The topological polar surface area (TPSA) is 58.4 Å². The van der Waals surface area contributed by atoms with Gasteiger partial charge in [-0.05, 0) is 25.2 Å². The quantitative estimate of drug-likeness (QED) is 0.900. The first-order chi connectivity index (χ1) is 9.16. The second-order valence-electron chi connectivity index (χ2n) is 5.83. The molecule has 1 aromatic heterocycles. The summed E-state index contributed by atoms with van der Waals surface area (Å²) in [4.78, 5) is 18.0. The van der Waals surface area contributed by atoms with Gasteiger partial charge in [-0.15, -0.1) is 0 Å². The first-order valence-corrected chi connectivity index (χ1v) is 7.11. The normalized spacial score (nSPS) is 31.3. The van der Waals surface area contributed by atoms with Crippen LogP contribution in [-0.4, -0.2) is 37.6 Å². The van der Waals surface area contributed by atoms with E-state index >= 15 is 0 Å². The highest BCUT2D eigenvalue weighted by Gasteiger charge is 2.45. The van der Waals surface area contributed by atoms with Gasteiger partial charge in [-0.2, -0.15) is 0 Å². The van der Waals surface area contributed by atoms with E-state index in [4.69, 9.17) is 0 Å². The molecule has 3 atom stereocenters. The summed E-state index contributed by atoms with van der Waals surface area (Å²) in [5.74, 6) is 0.844. The number of carbonyl (C=O) groups is 1. The van der Waals surface area contributed by atoms with Crippen LogP contribution in [0.15, 0.2) is 12.4 Å². The maximum atomic E-state index is 11.5. The first-order valence-electron chi connectivity index (χ1n) is 7.11. The van der Waals surface area contributed by atoms with Gasteiger partial charge in [-0.25, -0.2) is 4.98 Å². The van der Waals surface area contributed by atoms with Crippen molar-refractivity contribution in [3.63, 3.8) is 0 Å². The van der Waals surface area contributed by atoms with Crippen molar-refractivity contribution in [2.75, 3.05) is 0 Å². The van der Waals surface area contributed by atoms with Gasteiger partial charge in [0.05, 0.1) is 6.54 Å². The molecule has 1 aliphatic carbocycles. The van der Waals surface area contributed by atoms with Gasteiger partial charge in [0.2, 0.25) is 0 Å². The minimum atomic E-state index is -0.677. The van der Waals surface area contributed by atoms with Crippen molar-refractivity contribution in [1.29, 1.82) is 0 Å². The molecule has 5 heteroatoms. The number of likely N-dealkylation sites (tertiary alicyclic amines) is 1. The summed E-state index contributed by atoms with van der Waals surface area (Å²) in [6.07, 6.45) is 9.31. The second-order valence-corrected chi connectivity index (χ2v) is 5.83. The van der Waals surface area contributed by atoms with Crippen LogP contribution in [0, 0.1) is 5.92 Å². The summed E-state index contributed by atoms with van der Waals surface area (Å²) in [5, 5.41) is 9.46. The lowest BCUT2D eigenvalue weighted by molar-refractivity contribution is -0.143. The molecule has 0 aromatic carbocycles. The fourth-order valence-electron chi connectivity index (χ4n) is 3.74. The molecule has 0 radical (unpaired) electrons. The van der Waals surface area contributed by atoms with Crippen molar-refractivity contribution < 1.29 is 9.90 Å². The van der Waals surface area contributed by atoms with Crippen LogP contribution in [0.25, 0.3) is 0 Å². The molecule has 3 unspecified atom stereocenters. The van der Waals surface area contributed by atoms with Gasteiger partial charge in [0, 0.05) is 25.5 Å². The maximum absolute atomic E-state index is 11.5. The summed E-state index contributed by atoms with van der Waals surface area (Å²) in [6, 6.07) is 0.108. The standard InChI is InChI=1S/C14H21N3O2/c1-16-7-6-15-13(16)9-17-11-5-3-2-4-10(11)8-12(17)14(18)19/h6-7,10-12H,2-5,8-9H2,1H3,(H,18,19). The van der Waals surface area contributed by atoms with Crippen molar-refractivity contribution in [2.45, 2.75) is 50.7 Å². The highest BCUT2D eigenvalue weighted by Crippen LogP contribution is 2.40. The molecule has 5 nitrogen and oxygen atoms in total. The number of carboxylic acid groups (broad SMARTS) is 1. The van der Waals surface area contributed by atoms with Crippen LogP contribution >= 0.6 is 0 Å². The number of fused-ring (bicyclic) bond motifs is 1. The van der Waals surface area contributed by atoms with Crippen molar-refractivity contribution in [2.24, 2.45) is 13.0 Å². The lowest BCUT2D eigenvalue weighted by Crippen LogP contribution is -2.42. The van der Waals surface area contributed by atoms with Crippen molar-refractivity contribution in [3.05, 3.63) is 18.2 Å². The van der Waals surface area contributed by atoms with Crippen molar-refractivity contribution >= 4 is 5.97 Å². The van der Waals surface area contributed by atoms with Crippen LogP contribution in [0.2, 0.25) is 0 Å². The van der Waals surface area contributed by atoms with Crippen LogP contribution < -0.4 is 0 Å². The Bertz CT molecular complexity index is 471. The Kier molecular flexibility index (Phi) is 3.31. The van der Waals surface area contributed by atoms with E-state index < -0.39 is 5.97 Å². The van der Waals surface area contributed by atoms with E-state index in [2.05, 4.69) is 9.88 Å². The fraction of sp³-hybridized carbons (Fsp3) is 0.714. The minimum Gasteiger partial charge on any atom is -0.480 e. The SMILES string of the molecule is Cn1ccnc1CN1C(C(=O)O)CC2CCCCC21. The molecular formula is C14H21N3O2. The summed E-state index contributed by atoms with van der Waals surface area (Å²) in [6.45, 7) is 0.654. The fourth-order valence-corrected chi connectivity index (χ4v) is 3.74. The van der Waals surface area contributed by atoms with Crippen LogP contribution in [0.5, 0.6) is 0 Å². The predicted molar refractivity (Wildman–Crippen MR) is 70.5 cm³/mol. The first kappa shape index (κ1) is 12.7. The summed E-state index contributed by atoms with van der Waals surface area (Å²) in [7, 11) is 1.96. The number of hydrogen-bond donors (Lipinski definition) is 1. The van der Waals surface area contributed by atoms with Crippen LogP contribution in [0.1, 0.15) is 37.9 Å². The summed E-state index contributed by atoms with van der Waals surface area (Å²) < 4.78 is 1.98. The van der Waals surface area contributed by atoms with Crippen molar-refractivity contribution in [3.8, 4) is 0 Å². The van der Waals surface area contributed by atoms with E-state index in [0.717, 1.165) is 18.7 Å². The Morgan fingerprint density at radius 3 is 2.95 bits per heavy atom. The second kappa shape index (κ2) is 4.96. The Morgan fingerprint density at radius 1 is 1.47 bits per heavy atom. The Balaban J connectivity index is 1.82. The largest absolute Gasteiger partial charge is 0.480 e. The molecule has 1 aliphatic heterocycles. The predicted octanol–water partition coefficient (Wildman–Crippen LogP) is 1.64. The van der Waals surface area contributed by atoms with Crippen LogP contribution in [0.3, 0.4) is 0 Å². The smallest absolute Gasteiger partial charge is 0.320 e. The molecule has 104 valence electrons. The third kappa shape index (κ3) is 2.27. The van der Waals surface area contributed by atoms with Gasteiger partial charge in [-0.3, -0.25) is 9.69 Å². The van der Waals surface area contributed by atoms with E-state index in [1.165, 1.54) is 19.3 Å². The number of hydrogen-bond acceptors (Lipinski definition) is 3. The molecule has 0 bridgehead atoms. The lowest BCUT2D eigenvalue weighted by atomic mass is 9.85. The van der Waals surface area contributed by atoms with Gasteiger partial charge in [0.1, 0.15) is 11.9 Å². The maximum Gasteiger partial charge on any atom is 0.320 e. The van der Waals surface area contributed by atoms with E-state index in [0.29, 0.717) is 18.5 Å². The van der Waals surface area contributed by atoms with E-state index in [1.54, 1.807) is 6.20 Å².